The largest absolute Gasteiger partial charge is 0.432 e. The molecule has 0 atom stereocenters. The molecule has 0 aliphatic carbocycles. The van der Waals surface area contributed by atoms with Gasteiger partial charge in [0.25, 0.3) is 0 Å². The lowest BCUT2D eigenvalue weighted by Gasteiger charge is -2.08. The Balaban J connectivity index is 2.53. The van der Waals surface area contributed by atoms with Gasteiger partial charge in [-0.05, 0) is 35.0 Å². The van der Waals surface area contributed by atoms with Crippen LogP contribution in [0, 0.1) is 22.9 Å². The van der Waals surface area contributed by atoms with Gasteiger partial charge < -0.3 is 10.5 Å². The molecule has 0 unspecified atom stereocenters. The molecular weight excluding hydrogens is 335 g/mol. The molecule has 0 spiro atoms. The van der Waals surface area contributed by atoms with Crippen molar-refractivity contribution in [3.05, 3.63) is 44.3 Å². The first-order valence-electron chi connectivity index (χ1n) is 5.30. The quantitative estimate of drug-likeness (QED) is 0.679. The van der Waals surface area contributed by atoms with E-state index in [-0.39, 0.29) is 23.3 Å². The summed E-state index contributed by atoms with van der Waals surface area (Å²) in [6.45, 7) is 1.41. The van der Waals surface area contributed by atoms with Crippen LogP contribution in [0.15, 0.2) is 22.7 Å². The maximum absolute atomic E-state index is 13.2. The summed E-state index contributed by atoms with van der Waals surface area (Å²) < 4.78 is 18.9. The zero-order chi connectivity index (χ0) is 14.9. The van der Waals surface area contributed by atoms with Gasteiger partial charge in [0.05, 0.1) is 9.40 Å². The summed E-state index contributed by atoms with van der Waals surface area (Å²) in [5.74, 6) is -1.02. The van der Waals surface area contributed by atoms with Crippen LogP contribution >= 0.6 is 15.9 Å². The normalized spacial score (nSPS) is 10.3. The Hall–Kier alpha value is -2.29. The maximum Gasteiger partial charge on any atom is 0.352 e. The van der Waals surface area contributed by atoms with E-state index in [0.29, 0.717) is 4.47 Å². The van der Waals surface area contributed by atoms with E-state index in [1.165, 1.54) is 19.1 Å². The fraction of sp³-hybridized carbons (Fsp3) is 0.0909. The smallest absolute Gasteiger partial charge is 0.352 e. The molecule has 104 valence electrons. The Morgan fingerprint density at radius 3 is 2.80 bits per heavy atom. The van der Waals surface area contributed by atoms with Crippen molar-refractivity contribution in [1.29, 1.82) is 0 Å². The van der Waals surface area contributed by atoms with Gasteiger partial charge in [-0.2, -0.15) is 4.98 Å². The van der Waals surface area contributed by atoms with Crippen LogP contribution in [-0.4, -0.2) is 14.9 Å². The molecule has 0 fully saturated rings. The van der Waals surface area contributed by atoms with E-state index in [1.54, 1.807) is 0 Å². The highest BCUT2D eigenvalue weighted by atomic mass is 79.9. The number of nitrogens with zero attached hydrogens (tertiary/aromatic N) is 3. The van der Waals surface area contributed by atoms with Gasteiger partial charge in [-0.3, -0.25) is 10.1 Å². The molecule has 1 aromatic carbocycles. The fourth-order valence-electron chi connectivity index (χ4n) is 1.50. The van der Waals surface area contributed by atoms with Gasteiger partial charge in [0, 0.05) is 6.07 Å². The topological polar surface area (TPSA) is 104 Å². The van der Waals surface area contributed by atoms with E-state index < -0.39 is 16.4 Å². The van der Waals surface area contributed by atoms with Crippen LogP contribution in [0.2, 0.25) is 0 Å². The second-order valence-electron chi connectivity index (χ2n) is 3.75. The number of benzene rings is 1. The second kappa shape index (κ2) is 5.37. The Bertz CT molecular complexity index is 696. The number of nitro groups is 1. The third-order valence-electron chi connectivity index (χ3n) is 2.33. The summed E-state index contributed by atoms with van der Waals surface area (Å²) in [6.07, 6.45) is 0. The van der Waals surface area contributed by atoms with Gasteiger partial charge in [-0.15, -0.1) is 0 Å². The zero-order valence-electron chi connectivity index (χ0n) is 10.1. The summed E-state index contributed by atoms with van der Waals surface area (Å²) in [7, 11) is 0. The van der Waals surface area contributed by atoms with Gasteiger partial charge in [0.15, 0.2) is 0 Å². The number of anilines is 1. The molecule has 0 bridgehead atoms. The molecule has 2 rings (SSSR count). The summed E-state index contributed by atoms with van der Waals surface area (Å²) in [5, 5.41) is 11.0. The first-order chi connectivity index (χ1) is 9.38. The highest BCUT2D eigenvalue weighted by molar-refractivity contribution is 9.10. The molecule has 2 N–H and O–H groups in total. The summed E-state index contributed by atoms with van der Waals surface area (Å²) in [4.78, 5) is 17.7. The summed E-state index contributed by atoms with van der Waals surface area (Å²) in [6, 6.07) is 3.69. The average molecular weight is 343 g/mol. The van der Waals surface area contributed by atoms with Crippen molar-refractivity contribution in [1.82, 2.24) is 9.97 Å². The van der Waals surface area contributed by atoms with Crippen molar-refractivity contribution < 1.29 is 14.1 Å². The number of hydrogen-bond donors (Lipinski definition) is 1. The predicted octanol–water partition coefficient (Wildman–Crippen LogP) is 2.97. The van der Waals surface area contributed by atoms with Crippen molar-refractivity contribution >= 4 is 27.6 Å². The Labute approximate surface area is 120 Å². The molecule has 20 heavy (non-hydrogen) atoms. The highest BCUT2D eigenvalue weighted by Gasteiger charge is 2.24. The zero-order valence-corrected chi connectivity index (χ0v) is 11.7. The molecule has 0 aliphatic heterocycles. The third kappa shape index (κ3) is 2.82. The van der Waals surface area contributed by atoms with Crippen molar-refractivity contribution in [2.45, 2.75) is 6.92 Å². The van der Waals surface area contributed by atoms with Crippen LogP contribution in [-0.2, 0) is 0 Å². The Morgan fingerprint density at radius 1 is 1.45 bits per heavy atom. The van der Waals surface area contributed by atoms with Crippen LogP contribution in [0.25, 0.3) is 0 Å². The molecule has 9 heteroatoms. The van der Waals surface area contributed by atoms with Crippen LogP contribution in [0.5, 0.6) is 11.6 Å². The molecule has 0 radical (unpaired) electrons. The summed E-state index contributed by atoms with van der Waals surface area (Å²) in [5.41, 5.74) is 5.08. The number of halogens is 2. The molecule has 1 heterocycles. The molecule has 7 nitrogen and oxygen atoms in total. The Morgan fingerprint density at radius 2 is 2.15 bits per heavy atom. The SMILES string of the molecule is Cc1nc(N)nc(Oc2cc(F)ccc2Br)c1[N+](=O)[O-]. The van der Waals surface area contributed by atoms with E-state index >= 15 is 0 Å². The number of ether oxygens (including phenoxy) is 1. The standard InChI is InChI=1S/C11H8BrFN4O3/c1-5-9(17(18)19)10(16-11(14)15-5)20-8-4-6(13)2-3-7(8)12/h2-4H,1H3,(H2,14,15,16). The molecule has 0 aliphatic rings. The van der Waals surface area contributed by atoms with Gasteiger partial charge >= 0.3 is 11.6 Å². The first kappa shape index (κ1) is 14.1. The van der Waals surface area contributed by atoms with E-state index in [9.17, 15) is 14.5 Å². The molecular formula is C11H8BrFN4O3. The van der Waals surface area contributed by atoms with Crippen LogP contribution in [0.3, 0.4) is 0 Å². The third-order valence-corrected chi connectivity index (χ3v) is 2.98. The van der Waals surface area contributed by atoms with Crippen LogP contribution in [0.1, 0.15) is 5.69 Å². The van der Waals surface area contributed by atoms with E-state index in [4.69, 9.17) is 10.5 Å². The Kier molecular flexibility index (Phi) is 3.79. The van der Waals surface area contributed by atoms with Crippen molar-refractivity contribution in [2.24, 2.45) is 0 Å². The maximum atomic E-state index is 13.2. The van der Waals surface area contributed by atoms with Crippen LogP contribution in [0.4, 0.5) is 16.0 Å². The lowest BCUT2D eigenvalue weighted by atomic mass is 10.3. The van der Waals surface area contributed by atoms with Crippen molar-refractivity contribution in [2.75, 3.05) is 5.73 Å². The van der Waals surface area contributed by atoms with Gasteiger partial charge in [-0.1, -0.05) is 0 Å². The predicted molar refractivity (Wildman–Crippen MR) is 72.0 cm³/mol. The lowest BCUT2D eigenvalue weighted by Crippen LogP contribution is -2.05. The van der Waals surface area contributed by atoms with Gasteiger partial charge in [0.2, 0.25) is 5.95 Å². The minimum Gasteiger partial charge on any atom is -0.432 e. The molecule has 1 aromatic heterocycles. The minimum absolute atomic E-state index is 0.0469. The number of aryl methyl sites for hydroxylation is 1. The van der Waals surface area contributed by atoms with E-state index in [2.05, 4.69) is 25.9 Å². The van der Waals surface area contributed by atoms with Crippen molar-refractivity contribution in [3.8, 4) is 11.6 Å². The molecule has 0 amide bonds. The van der Waals surface area contributed by atoms with Gasteiger partial charge in [-0.25, -0.2) is 9.37 Å². The minimum atomic E-state index is -0.683. The number of nitrogen functional groups attached to an aromatic ring is 1. The first-order valence-corrected chi connectivity index (χ1v) is 6.09. The van der Waals surface area contributed by atoms with E-state index in [1.807, 2.05) is 0 Å². The fourth-order valence-corrected chi connectivity index (χ4v) is 1.83. The number of aromatic nitrogens is 2. The summed E-state index contributed by atoms with van der Waals surface area (Å²) >= 11 is 3.15. The van der Waals surface area contributed by atoms with E-state index in [0.717, 1.165) is 6.07 Å². The highest BCUT2D eigenvalue weighted by Crippen LogP contribution is 2.35. The second-order valence-corrected chi connectivity index (χ2v) is 4.61. The monoisotopic (exact) mass is 342 g/mol. The number of nitrogens with two attached hydrogens (primary N) is 1. The van der Waals surface area contributed by atoms with Crippen molar-refractivity contribution in [3.63, 3.8) is 0 Å². The average Bonchev–Trinajstić information content (AvgIpc) is 2.32. The number of rotatable bonds is 3. The van der Waals surface area contributed by atoms with Gasteiger partial charge in [0.1, 0.15) is 17.3 Å². The molecule has 2 aromatic rings. The molecule has 0 saturated heterocycles. The van der Waals surface area contributed by atoms with Crippen LogP contribution < -0.4 is 10.5 Å². The molecule has 0 saturated carbocycles. The number of hydrogen-bond acceptors (Lipinski definition) is 6. The lowest BCUT2D eigenvalue weighted by molar-refractivity contribution is -0.386.